The van der Waals surface area contributed by atoms with Crippen LogP contribution in [0.4, 0.5) is 10.5 Å². The van der Waals surface area contributed by atoms with Crippen LogP contribution in [0.2, 0.25) is 0 Å². The van der Waals surface area contributed by atoms with E-state index in [4.69, 9.17) is 15.2 Å². The van der Waals surface area contributed by atoms with Gasteiger partial charge in [0.2, 0.25) is 0 Å². The van der Waals surface area contributed by atoms with Crippen LogP contribution in [0.5, 0.6) is 11.5 Å². The summed E-state index contributed by atoms with van der Waals surface area (Å²) in [4.78, 5) is 42.9. The molecule has 1 atom stereocenters. The molecule has 0 radical (unpaired) electrons. The molecule has 0 saturated carbocycles. The number of nitrogens with two attached hydrogens (primary N) is 1. The molecular weight excluding hydrogens is 472 g/mol. The van der Waals surface area contributed by atoms with Crippen molar-refractivity contribution < 1.29 is 23.9 Å². The van der Waals surface area contributed by atoms with Crippen molar-refractivity contribution in [2.45, 2.75) is 38.7 Å². The minimum atomic E-state index is -0.664. The summed E-state index contributed by atoms with van der Waals surface area (Å²) in [6.45, 7) is 6.49. The van der Waals surface area contributed by atoms with E-state index >= 15 is 0 Å². The number of primary amides is 1. The Labute approximate surface area is 215 Å². The molecular formula is C28H30N4O5. The van der Waals surface area contributed by atoms with E-state index in [1.807, 2.05) is 26.8 Å². The van der Waals surface area contributed by atoms with Crippen LogP contribution < -0.4 is 15.8 Å². The second-order valence-corrected chi connectivity index (χ2v) is 9.83. The zero-order valence-electron chi connectivity index (χ0n) is 21.1. The quantitative estimate of drug-likeness (QED) is 0.492. The van der Waals surface area contributed by atoms with E-state index in [1.54, 1.807) is 59.5 Å². The van der Waals surface area contributed by atoms with Gasteiger partial charge in [0.05, 0.1) is 0 Å². The lowest BCUT2D eigenvalue weighted by Crippen LogP contribution is -2.35. The normalized spacial score (nSPS) is 15.2. The zero-order valence-corrected chi connectivity index (χ0v) is 21.1. The molecule has 1 aliphatic heterocycles. The van der Waals surface area contributed by atoms with Gasteiger partial charge in [-0.05, 0) is 63.6 Å². The van der Waals surface area contributed by atoms with Crippen molar-refractivity contribution in [1.29, 1.82) is 0 Å². The number of hydrogen-bond acceptors (Lipinski definition) is 6. The molecule has 9 heteroatoms. The number of amides is 3. The summed E-state index contributed by atoms with van der Waals surface area (Å²) in [7, 11) is 0. The number of aromatic nitrogens is 1. The second kappa shape index (κ2) is 10.7. The molecule has 192 valence electrons. The van der Waals surface area contributed by atoms with Crippen LogP contribution >= 0.6 is 0 Å². The Kier molecular flexibility index (Phi) is 7.42. The van der Waals surface area contributed by atoms with Gasteiger partial charge in [-0.1, -0.05) is 18.2 Å². The van der Waals surface area contributed by atoms with Gasteiger partial charge < -0.3 is 25.4 Å². The monoisotopic (exact) mass is 502 g/mol. The molecule has 1 fully saturated rings. The van der Waals surface area contributed by atoms with E-state index in [9.17, 15) is 14.4 Å². The zero-order chi connectivity index (χ0) is 26.6. The Morgan fingerprint density at radius 1 is 1.05 bits per heavy atom. The highest BCUT2D eigenvalue weighted by Gasteiger charge is 2.32. The Morgan fingerprint density at radius 3 is 2.41 bits per heavy atom. The molecule has 0 spiro atoms. The third-order valence-electron chi connectivity index (χ3n) is 5.79. The van der Waals surface area contributed by atoms with Crippen molar-refractivity contribution in [2.24, 2.45) is 5.73 Å². The molecule has 1 saturated heterocycles. The standard InChI is InChI=1S/C28H30N4O5/c1-28(2,3)37-27(35)32-14-13-19(17-32)23-15-24(22(16-30-23)25(29)33)36-21-11-9-20(10-12-21)31-26(34)18-7-5-4-6-8-18/h4-12,15-16,19H,13-14,17H2,1-3H3,(H2,29,33)(H,31,34). The van der Waals surface area contributed by atoms with Gasteiger partial charge in [-0.2, -0.15) is 0 Å². The van der Waals surface area contributed by atoms with Crippen molar-refractivity contribution in [2.75, 3.05) is 18.4 Å². The van der Waals surface area contributed by atoms with Gasteiger partial charge in [0, 0.05) is 48.2 Å². The summed E-state index contributed by atoms with van der Waals surface area (Å²) >= 11 is 0. The molecule has 2 aromatic carbocycles. The molecule has 0 aliphatic carbocycles. The van der Waals surface area contributed by atoms with Gasteiger partial charge in [-0.3, -0.25) is 14.6 Å². The van der Waals surface area contributed by atoms with E-state index in [-0.39, 0.29) is 29.2 Å². The van der Waals surface area contributed by atoms with Gasteiger partial charge in [0.1, 0.15) is 22.7 Å². The highest BCUT2D eigenvalue weighted by molar-refractivity contribution is 6.04. The van der Waals surface area contributed by atoms with Gasteiger partial charge >= 0.3 is 6.09 Å². The Hall–Kier alpha value is -4.40. The van der Waals surface area contributed by atoms with Crippen LogP contribution in [0.25, 0.3) is 0 Å². The molecule has 37 heavy (non-hydrogen) atoms. The van der Waals surface area contributed by atoms with E-state index in [0.29, 0.717) is 42.2 Å². The molecule has 1 aliphatic rings. The number of nitrogens with one attached hydrogen (secondary N) is 1. The summed E-state index contributed by atoms with van der Waals surface area (Å²) in [6, 6.07) is 17.4. The Morgan fingerprint density at radius 2 is 1.76 bits per heavy atom. The summed E-state index contributed by atoms with van der Waals surface area (Å²) in [6.07, 6.45) is 1.74. The number of nitrogens with zero attached hydrogens (tertiary/aromatic N) is 2. The lowest BCUT2D eigenvalue weighted by Gasteiger charge is -2.24. The highest BCUT2D eigenvalue weighted by Crippen LogP contribution is 2.32. The van der Waals surface area contributed by atoms with Gasteiger partial charge in [-0.25, -0.2) is 4.79 Å². The van der Waals surface area contributed by atoms with Gasteiger partial charge in [0.25, 0.3) is 11.8 Å². The summed E-state index contributed by atoms with van der Waals surface area (Å²) < 4.78 is 11.5. The van der Waals surface area contributed by atoms with E-state index < -0.39 is 11.5 Å². The van der Waals surface area contributed by atoms with Crippen molar-refractivity contribution >= 4 is 23.6 Å². The largest absolute Gasteiger partial charge is 0.456 e. The topological polar surface area (TPSA) is 124 Å². The van der Waals surface area contributed by atoms with E-state index in [2.05, 4.69) is 10.3 Å². The number of rotatable bonds is 6. The lowest BCUT2D eigenvalue weighted by atomic mass is 10.0. The number of benzene rings is 2. The number of carbonyl (C=O) groups excluding carboxylic acids is 3. The predicted molar refractivity (Wildman–Crippen MR) is 139 cm³/mol. The first-order valence-corrected chi connectivity index (χ1v) is 12.0. The highest BCUT2D eigenvalue weighted by atomic mass is 16.6. The second-order valence-electron chi connectivity index (χ2n) is 9.83. The molecule has 2 heterocycles. The maximum absolute atomic E-state index is 12.4. The SMILES string of the molecule is CC(C)(C)OC(=O)N1CCC(c2cc(Oc3ccc(NC(=O)c4ccccc4)cc3)c(C(N)=O)cn2)C1. The molecule has 9 nitrogen and oxygen atoms in total. The molecule has 3 amide bonds. The number of anilines is 1. The molecule has 3 N–H and O–H groups in total. The molecule has 3 aromatic rings. The minimum absolute atomic E-state index is 0.0348. The molecule has 4 rings (SSSR count). The Balaban J connectivity index is 1.46. The molecule has 1 aromatic heterocycles. The molecule has 1 unspecified atom stereocenters. The first-order chi connectivity index (χ1) is 17.6. The van der Waals surface area contributed by atoms with Crippen molar-refractivity contribution in [3.05, 3.63) is 83.7 Å². The third kappa shape index (κ3) is 6.63. The van der Waals surface area contributed by atoms with Gasteiger partial charge in [-0.15, -0.1) is 0 Å². The first-order valence-electron chi connectivity index (χ1n) is 12.0. The summed E-state index contributed by atoms with van der Waals surface area (Å²) in [5, 5.41) is 2.83. The number of ether oxygens (including phenoxy) is 2. The summed E-state index contributed by atoms with van der Waals surface area (Å²) in [5.41, 5.74) is 6.97. The third-order valence-corrected chi connectivity index (χ3v) is 5.79. The Bertz CT molecular complexity index is 1290. The first kappa shape index (κ1) is 25.7. The van der Waals surface area contributed by atoms with Crippen LogP contribution in [-0.4, -0.2) is 46.5 Å². The number of carbonyl (C=O) groups is 3. The van der Waals surface area contributed by atoms with Gasteiger partial charge in [0.15, 0.2) is 0 Å². The van der Waals surface area contributed by atoms with Crippen LogP contribution in [0, 0.1) is 0 Å². The lowest BCUT2D eigenvalue weighted by molar-refractivity contribution is 0.0292. The average molecular weight is 503 g/mol. The molecule has 0 bridgehead atoms. The van der Waals surface area contributed by atoms with Crippen LogP contribution in [0.15, 0.2) is 66.9 Å². The summed E-state index contributed by atoms with van der Waals surface area (Å²) in [5.74, 6) is -0.190. The van der Waals surface area contributed by atoms with Crippen LogP contribution in [0.3, 0.4) is 0 Å². The van der Waals surface area contributed by atoms with Crippen LogP contribution in [-0.2, 0) is 4.74 Å². The van der Waals surface area contributed by atoms with Crippen molar-refractivity contribution in [3.63, 3.8) is 0 Å². The minimum Gasteiger partial charge on any atom is -0.456 e. The fourth-order valence-corrected chi connectivity index (χ4v) is 3.96. The fraction of sp³-hybridized carbons (Fsp3) is 0.286. The van der Waals surface area contributed by atoms with Crippen LogP contribution in [0.1, 0.15) is 59.5 Å². The van der Waals surface area contributed by atoms with Crippen molar-refractivity contribution in [3.8, 4) is 11.5 Å². The number of pyridine rings is 1. The van der Waals surface area contributed by atoms with Crippen molar-refractivity contribution in [1.82, 2.24) is 9.88 Å². The maximum atomic E-state index is 12.4. The fourth-order valence-electron chi connectivity index (χ4n) is 3.96. The van der Waals surface area contributed by atoms with E-state index in [1.165, 1.54) is 6.20 Å². The maximum Gasteiger partial charge on any atom is 0.410 e. The number of hydrogen-bond donors (Lipinski definition) is 2. The predicted octanol–water partition coefficient (Wildman–Crippen LogP) is 4.95. The smallest absolute Gasteiger partial charge is 0.410 e. The average Bonchev–Trinajstić information content (AvgIpc) is 3.35. The van der Waals surface area contributed by atoms with E-state index in [0.717, 1.165) is 0 Å². The number of likely N-dealkylation sites (tertiary alicyclic amines) is 1.